The van der Waals surface area contributed by atoms with Gasteiger partial charge < -0.3 is 24.7 Å². The Morgan fingerprint density at radius 2 is 2.00 bits per heavy atom. The van der Waals surface area contributed by atoms with Gasteiger partial charge in [-0.25, -0.2) is 19.1 Å². The number of rotatable bonds is 8. The Bertz CT molecular complexity index is 1460. The fourth-order valence-electron chi connectivity index (χ4n) is 5.12. The zero-order valence-electron chi connectivity index (χ0n) is 23.0. The van der Waals surface area contributed by atoms with Crippen LogP contribution in [-0.2, 0) is 16.0 Å². The number of carbonyl (C=O) groups is 2. The van der Waals surface area contributed by atoms with Crippen LogP contribution in [0.3, 0.4) is 0 Å². The number of anilines is 3. The van der Waals surface area contributed by atoms with E-state index in [9.17, 15) is 18.4 Å². The Balaban J connectivity index is 1.92. The summed E-state index contributed by atoms with van der Waals surface area (Å²) >= 11 is -3.01. The first-order valence-corrected chi connectivity index (χ1v) is 13.8. The van der Waals surface area contributed by atoms with Crippen LogP contribution in [-0.4, -0.2) is 56.4 Å². The van der Waals surface area contributed by atoms with Gasteiger partial charge in [-0.05, 0) is 69.5 Å². The summed E-state index contributed by atoms with van der Waals surface area (Å²) in [5.41, 5.74) is 6.69. The number of nitrogens with two attached hydrogens (primary N) is 1. The third kappa shape index (κ3) is 5.77. The van der Waals surface area contributed by atoms with Crippen molar-refractivity contribution in [3.63, 3.8) is 0 Å². The second-order valence-electron chi connectivity index (χ2n) is 10.2. The molecule has 40 heavy (non-hydrogen) atoms. The van der Waals surface area contributed by atoms with Crippen molar-refractivity contribution in [1.29, 1.82) is 0 Å². The lowest BCUT2D eigenvalue weighted by molar-refractivity contribution is 0.0526. The van der Waals surface area contributed by atoms with Crippen LogP contribution in [0.5, 0.6) is 5.75 Å². The van der Waals surface area contributed by atoms with Gasteiger partial charge in [0.2, 0.25) is 0 Å². The summed E-state index contributed by atoms with van der Waals surface area (Å²) in [4.78, 5) is 37.2. The zero-order chi connectivity index (χ0) is 29.2. The quantitative estimate of drug-likeness (QED) is 0.313. The minimum absolute atomic E-state index is 0.0386. The van der Waals surface area contributed by atoms with Crippen molar-refractivity contribution in [3.8, 4) is 16.9 Å². The minimum Gasteiger partial charge on any atom is -0.755 e. The highest BCUT2D eigenvalue weighted by atomic mass is 32.2. The highest BCUT2D eigenvalue weighted by Gasteiger charge is 2.39. The molecule has 12 heteroatoms. The number of carbonyl (C=O) groups excluding carboxylic acids is 2. The SMILES string of the molecule is CCOC(=O)c1ccc(OC)c(-c2cnc(N3CC(C)CC3(C)C)c(C(=O)N(c3cccc(N)n3)S(=O)[O-])c2)c1. The maximum Gasteiger partial charge on any atom is 0.338 e. The van der Waals surface area contributed by atoms with Crippen molar-refractivity contribution in [2.75, 3.05) is 35.2 Å². The Labute approximate surface area is 235 Å². The number of benzene rings is 1. The number of esters is 1. The van der Waals surface area contributed by atoms with E-state index in [2.05, 4.69) is 30.7 Å². The Morgan fingerprint density at radius 3 is 2.60 bits per heavy atom. The molecule has 2 N–H and O–H groups in total. The first-order valence-electron chi connectivity index (χ1n) is 12.8. The summed E-state index contributed by atoms with van der Waals surface area (Å²) < 4.78 is 36.0. The van der Waals surface area contributed by atoms with Crippen LogP contribution in [0.2, 0.25) is 0 Å². The summed E-state index contributed by atoms with van der Waals surface area (Å²) in [6, 6.07) is 10.7. The van der Waals surface area contributed by atoms with E-state index in [1.54, 1.807) is 37.4 Å². The predicted octanol–water partition coefficient (Wildman–Crippen LogP) is 3.98. The van der Waals surface area contributed by atoms with E-state index < -0.39 is 23.1 Å². The number of hydrogen-bond acceptors (Lipinski definition) is 10. The fourth-order valence-corrected chi connectivity index (χ4v) is 5.61. The normalized spacial score (nSPS) is 16.9. The number of aromatic nitrogens is 2. The van der Waals surface area contributed by atoms with E-state index in [1.165, 1.54) is 25.3 Å². The van der Waals surface area contributed by atoms with E-state index in [0.29, 0.717) is 39.5 Å². The number of hydrogen-bond donors (Lipinski definition) is 1. The van der Waals surface area contributed by atoms with E-state index >= 15 is 0 Å². The van der Waals surface area contributed by atoms with Crippen molar-refractivity contribution in [2.45, 2.75) is 39.7 Å². The fraction of sp³-hybridized carbons (Fsp3) is 0.357. The van der Waals surface area contributed by atoms with Crippen LogP contribution in [0, 0.1) is 5.92 Å². The van der Waals surface area contributed by atoms with Gasteiger partial charge in [0.05, 0.1) is 36.1 Å². The Morgan fingerprint density at radius 1 is 1.25 bits per heavy atom. The van der Waals surface area contributed by atoms with Gasteiger partial charge in [0, 0.05) is 29.4 Å². The van der Waals surface area contributed by atoms with Gasteiger partial charge in [0.1, 0.15) is 23.2 Å². The lowest BCUT2D eigenvalue weighted by Gasteiger charge is -2.34. The second-order valence-corrected chi connectivity index (χ2v) is 11.0. The standard InChI is InChI=1S/C28H33N5O6S/c1-6-39-27(35)18-10-11-22(38-5)20(12-18)19-13-21(25(30-15-19)32-16-17(2)14-28(32,3)4)26(34)33(40(36)37)24-9-7-8-23(29)31-24/h7-13,15,17H,6,14,16H2,1-5H3,(H2,29,31)(H,36,37)/p-1. The van der Waals surface area contributed by atoms with E-state index in [-0.39, 0.29) is 34.9 Å². The molecule has 2 unspecified atom stereocenters. The summed E-state index contributed by atoms with van der Waals surface area (Å²) in [6.45, 7) is 8.76. The first kappa shape index (κ1) is 29.0. The van der Waals surface area contributed by atoms with Crippen LogP contribution in [0.4, 0.5) is 17.5 Å². The minimum atomic E-state index is -3.01. The predicted molar refractivity (Wildman–Crippen MR) is 152 cm³/mol. The van der Waals surface area contributed by atoms with Crippen LogP contribution >= 0.6 is 0 Å². The van der Waals surface area contributed by atoms with Crippen LogP contribution in [0.25, 0.3) is 11.1 Å². The van der Waals surface area contributed by atoms with E-state index in [4.69, 9.17) is 15.2 Å². The summed E-state index contributed by atoms with van der Waals surface area (Å²) in [6.07, 6.45) is 2.43. The molecule has 1 aliphatic heterocycles. The first-order chi connectivity index (χ1) is 19.0. The smallest absolute Gasteiger partial charge is 0.338 e. The Kier molecular flexibility index (Phi) is 8.40. The maximum atomic E-state index is 14.0. The molecular formula is C28H32N5O6S-. The zero-order valence-corrected chi connectivity index (χ0v) is 23.9. The van der Waals surface area contributed by atoms with Crippen LogP contribution in [0.15, 0.2) is 48.7 Å². The molecule has 4 rings (SSSR count). The van der Waals surface area contributed by atoms with Gasteiger partial charge >= 0.3 is 5.97 Å². The molecule has 3 aromatic rings. The molecule has 1 aliphatic rings. The average Bonchev–Trinajstić information content (AvgIpc) is 3.19. The molecule has 1 amide bonds. The van der Waals surface area contributed by atoms with Crippen LogP contribution < -0.4 is 19.7 Å². The van der Waals surface area contributed by atoms with Crippen molar-refractivity contribution in [3.05, 3.63) is 59.8 Å². The third-order valence-electron chi connectivity index (χ3n) is 6.74. The van der Waals surface area contributed by atoms with Gasteiger partial charge in [-0.15, -0.1) is 0 Å². The maximum absolute atomic E-state index is 14.0. The van der Waals surface area contributed by atoms with Gasteiger partial charge in [-0.3, -0.25) is 9.00 Å². The lowest BCUT2D eigenvalue weighted by atomic mass is 9.97. The number of nitrogen functional groups attached to an aromatic ring is 1. The van der Waals surface area contributed by atoms with Crippen LogP contribution in [0.1, 0.15) is 54.8 Å². The Hall–Kier alpha value is -4.03. The van der Waals surface area contributed by atoms with E-state index in [1.807, 2.05) is 4.90 Å². The molecule has 1 fully saturated rings. The number of amides is 1. The average molecular weight is 567 g/mol. The highest BCUT2D eigenvalue weighted by Crippen LogP contribution is 2.40. The molecule has 0 radical (unpaired) electrons. The molecule has 2 atom stereocenters. The topological polar surface area (TPSA) is 151 Å². The van der Waals surface area contributed by atoms with Crippen molar-refractivity contribution in [1.82, 2.24) is 9.97 Å². The highest BCUT2D eigenvalue weighted by molar-refractivity contribution is 7.81. The summed E-state index contributed by atoms with van der Waals surface area (Å²) in [5, 5.41) is 0. The molecule has 3 heterocycles. The molecule has 0 saturated carbocycles. The van der Waals surface area contributed by atoms with Gasteiger partial charge in [-0.1, -0.05) is 13.0 Å². The number of methoxy groups -OCH3 is 1. The largest absolute Gasteiger partial charge is 0.755 e. The summed E-state index contributed by atoms with van der Waals surface area (Å²) in [7, 11) is 1.48. The van der Waals surface area contributed by atoms with Gasteiger partial charge in [-0.2, -0.15) is 0 Å². The third-order valence-corrected chi connectivity index (χ3v) is 7.40. The lowest BCUT2D eigenvalue weighted by Crippen LogP contribution is -2.41. The molecule has 212 valence electrons. The van der Waals surface area contributed by atoms with E-state index in [0.717, 1.165) is 6.42 Å². The molecule has 1 aromatic carbocycles. The molecular weight excluding hydrogens is 534 g/mol. The summed E-state index contributed by atoms with van der Waals surface area (Å²) in [5.74, 6) is -0.372. The van der Waals surface area contributed by atoms with Crippen molar-refractivity contribution in [2.24, 2.45) is 5.92 Å². The van der Waals surface area contributed by atoms with Gasteiger partial charge in [0.25, 0.3) is 5.91 Å². The number of pyridine rings is 2. The van der Waals surface area contributed by atoms with Crippen molar-refractivity contribution < 1.29 is 27.8 Å². The monoisotopic (exact) mass is 566 g/mol. The number of ether oxygens (including phenoxy) is 2. The second kappa shape index (κ2) is 11.6. The molecule has 11 nitrogen and oxygen atoms in total. The molecule has 0 aliphatic carbocycles. The molecule has 1 saturated heterocycles. The van der Waals surface area contributed by atoms with Gasteiger partial charge in [0.15, 0.2) is 0 Å². The molecule has 0 spiro atoms. The number of nitrogens with zero attached hydrogens (tertiary/aromatic N) is 4. The molecule has 2 aromatic heterocycles. The molecule has 0 bridgehead atoms. The van der Waals surface area contributed by atoms with Crippen molar-refractivity contribution >= 4 is 40.6 Å².